The molecule has 222 valence electrons. The Kier molecular flexibility index (Phi) is 12.2. The molecule has 0 atom stereocenters. The van der Waals surface area contributed by atoms with Crippen molar-refractivity contribution in [3.63, 3.8) is 0 Å². The summed E-state index contributed by atoms with van der Waals surface area (Å²) >= 11 is 1.54. The standard InChI is InChI=1S/C31H35N5O3S.C2H6/c1-20-7-12-27(22(3)28(20)35-30(38)26-13-14-32-17-21(26)2)29(37)33-18-25-19-34-31(40-25)23-8-10-24(11-9-23)39-16-6-15-36(4)5;1-2/h7-14,17,19H,6,15-16,18H2,1-5H3,(H,33,37)(H,35,38);1-2H3. The Hall–Kier alpha value is -4.08. The predicted octanol–water partition coefficient (Wildman–Crippen LogP) is 6.67. The fourth-order valence-electron chi connectivity index (χ4n) is 4.24. The van der Waals surface area contributed by atoms with E-state index in [1.54, 1.807) is 30.7 Å². The number of hydrogen-bond acceptors (Lipinski definition) is 7. The third kappa shape index (κ3) is 8.71. The van der Waals surface area contributed by atoms with Crippen molar-refractivity contribution in [1.29, 1.82) is 0 Å². The number of pyridine rings is 1. The van der Waals surface area contributed by atoms with E-state index in [1.807, 2.05) is 65.0 Å². The van der Waals surface area contributed by atoms with Gasteiger partial charge in [0, 0.05) is 52.4 Å². The number of hydrogen-bond donors (Lipinski definition) is 2. The smallest absolute Gasteiger partial charge is 0.256 e. The number of aromatic nitrogens is 2. The summed E-state index contributed by atoms with van der Waals surface area (Å²) in [6, 6.07) is 13.2. The topological polar surface area (TPSA) is 96.5 Å². The van der Waals surface area contributed by atoms with Crippen LogP contribution in [0.2, 0.25) is 0 Å². The van der Waals surface area contributed by atoms with Gasteiger partial charge in [0.15, 0.2) is 0 Å². The predicted molar refractivity (Wildman–Crippen MR) is 172 cm³/mol. The van der Waals surface area contributed by atoms with Crippen LogP contribution in [0, 0.1) is 20.8 Å². The maximum atomic E-state index is 13.1. The van der Waals surface area contributed by atoms with E-state index in [9.17, 15) is 9.59 Å². The lowest BCUT2D eigenvalue weighted by atomic mass is 10.0. The SMILES string of the molecule is CC.Cc1cnccc1C(=O)Nc1c(C)ccc(C(=O)NCc2cnc(-c3ccc(OCCCN(C)C)cc3)s2)c1C. The summed E-state index contributed by atoms with van der Waals surface area (Å²) in [5.74, 6) is 0.398. The first-order valence-electron chi connectivity index (χ1n) is 14.2. The molecule has 0 spiro atoms. The van der Waals surface area contributed by atoms with Crippen molar-refractivity contribution < 1.29 is 14.3 Å². The van der Waals surface area contributed by atoms with Crippen LogP contribution in [0.25, 0.3) is 10.6 Å². The zero-order valence-corrected chi connectivity index (χ0v) is 26.4. The lowest BCUT2D eigenvalue weighted by molar-refractivity contribution is 0.0949. The van der Waals surface area contributed by atoms with E-state index in [2.05, 4.69) is 39.6 Å². The second-order valence-corrected chi connectivity index (χ2v) is 11.0. The van der Waals surface area contributed by atoms with Gasteiger partial charge in [-0.3, -0.25) is 14.6 Å². The van der Waals surface area contributed by atoms with Crippen LogP contribution in [-0.2, 0) is 6.54 Å². The van der Waals surface area contributed by atoms with E-state index in [4.69, 9.17) is 4.74 Å². The lowest BCUT2D eigenvalue weighted by Gasteiger charge is -2.16. The number of thiazole rings is 1. The van der Waals surface area contributed by atoms with Gasteiger partial charge >= 0.3 is 0 Å². The Morgan fingerprint density at radius 3 is 2.33 bits per heavy atom. The van der Waals surface area contributed by atoms with Gasteiger partial charge in [-0.05, 0) is 94.4 Å². The normalized spacial score (nSPS) is 10.6. The van der Waals surface area contributed by atoms with Gasteiger partial charge in [0.2, 0.25) is 0 Å². The minimum Gasteiger partial charge on any atom is -0.494 e. The van der Waals surface area contributed by atoms with Crippen LogP contribution < -0.4 is 15.4 Å². The number of carbonyl (C=O) groups is 2. The van der Waals surface area contributed by atoms with Crippen molar-refractivity contribution in [3.8, 4) is 16.3 Å². The van der Waals surface area contributed by atoms with Crippen molar-refractivity contribution in [2.24, 2.45) is 0 Å². The van der Waals surface area contributed by atoms with Gasteiger partial charge in [-0.2, -0.15) is 0 Å². The van der Waals surface area contributed by atoms with E-state index in [1.165, 1.54) is 11.3 Å². The maximum absolute atomic E-state index is 13.1. The molecular weight excluding hydrogens is 546 g/mol. The fraction of sp³-hybridized carbons (Fsp3) is 0.333. The second-order valence-electron chi connectivity index (χ2n) is 9.92. The molecule has 0 aliphatic rings. The summed E-state index contributed by atoms with van der Waals surface area (Å²) in [4.78, 5) is 37.7. The summed E-state index contributed by atoms with van der Waals surface area (Å²) in [6.45, 7) is 11.6. The van der Waals surface area contributed by atoms with E-state index in [0.29, 0.717) is 35.5 Å². The highest BCUT2D eigenvalue weighted by atomic mass is 32.1. The highest BCUT2D eigenvalue weighted by Gasteiger charge is 2.17. The number of carbonyl (C=O) groups excluding carboxylic acids is 2. The molecule has 0 radical (unpaired) electrons. The van der Waals surface area contributed by atoms with Gasteiger partial charge < -0.3 is 20.3 Å². The molecule has 0 aliphatic heterocycles. The molecule has 8 nitrogen and oxygen atoms in total. The number of benzene rings is 2. The monoisotopic (exact) mass is 587 g/mol. The average Bonchev–Trinajstić information content (AvgIpc) is 3.47. The molecule has 0 saturated carbocycles. The maximum Gasteiger partial charge on any atom is 0.256 e. The molecule has 0 unspecified atom stereocenters. The molecule has 9 heteroatoms. The van der Waals surface area contributed by atoms with Gasteiger partial charge in [-0.1, -0.05) is 19.9 Å². The number of nitrogens with one attached hydrogen (secondary N) is 2. The Morgan fingerprint density at radius 1 is 0.905 bits per heavy atom. The molecule has 2 aromatic carbocycles. The Labute approximate surface area is 253 Å². The minimum atomic E-state index is -0.232. The summed E-state index contributed by atoms with van der Waals surface area (Å²) in [5.41, 5.74) is 5.08. The van der Waals surface area contributed by atoms with Crippen LogP contribution in [0.5, 0.6) is 5.75 Å². The van der Waals surface area contributed by atoms with Crippen LogP contribution >= 0.6 is 11.3 Å². The molecule has 4 rings (SSSR count). The van der Waals surface area contributed by atoms with Crippen molar-refractivity contribution in [1.82, 2.24) is 20.2 Å². The number of nitrogens with zero attached hydrogens (tertiary/aromatic N) is 3. The van der Waals surface area contributed by atoms with E-state index in [-0.39, 0.29) is 11.8 Å². The zero-order chi connectivity index (χ0) is 30.6. The number of rotatable bonds is 11. The zero-order valence-electron chi connectivity index (χ0n) is 25.6. The molecule has 2 heterocycles. The van der Waals surface area contributed by atoms with Gasteiger partial charge in [-0.25, -0.2) is 4.98 Å². The van der Waals surface area contributed by atoms with Crippen LogP contribution in [0.3, 0.4) is 0 Å². The summed E-state index contributed by atoms with van der Waals surface area (Å²) in [6.07, 6.45) is 6.01. The fourth-order valence-corrected chi connectivity index (χ4v) is 5.10. The summed E-state index contributed by atoms with van der Waals surface area (Å²) < 4.78 is 5.82. The molecule has 2 aromatic heterocycles. The van der Waals surface area contributed by atoms with Gasteiger partial charge in [0.05, 0.1) is 13.2 Å². The van der Waals surface area contributed by atoms with Gasteiger partial charge in [0.1, 0.15) is 10.8 Å². The van der Waals surface area contributed by atoms with Crippen LogP contribution in [-0.4, -0.2) is 53.9 Å². The summed E-state index contributed by atoms with van der Waals surface area (Å²) in [5, 5.41) is 6.86. The minimum absolute atomic E-state index is 0.209. The number of amides is 2. The quantitative estimate of drug-likeness (QED) is 0.190. The third-order valence-electron chi connectivity index (χ3n) is 6.52. The van der Waals surface area contributed by atoms with E-state index >= 15 is 0 Å². The molecule has 0 aliphatic carbocycles. The molecule has 4 aromatic rings. The molecular formula is C33H41N5O3S. The molecule has 2 N–H and O–H groups in total. The molecule has 2 amide bonds. The first-order chi connectivity index (χ1) is 20.2. The first kappa shape index (κ1) is 32.4. The lowest BCUT2D eigenvalue weighted by Crippen LogP contribution is -2.24. The largest absolute Gasteiger partial charge is 0.494 e. The van der Waals surface area contributed by atoms with Crippen molar-refractivity contribution in [2.75, 3.05) is 32.6 Å². The highest BCUT2D eigenvalue weighted by molar-refractivity contribution is 7.15. The van der Waals surface area contributed by atoms with Crippen LogP contribution in [0.4, 0.5) is 5.69 Å². The summed E-state index contributed by atoms with van der Waals surface area (Å²) in [7, 11) is 4.10. The Bertz CT molecular complexity index is 1480. The third-order valence-corrected chi connectivity index (χ3v) is 7.56. The number of aryl methyl sites for hydroxylation is 2. The van der Waals surface area contributed by atoms with Gasteiger partial charge in [0.25, 0.3) is 11.8 Å². The number of anilines is 1. The molecule has 42 heavy (non-hydrogen) atoms. The molecule has 0 bridgehead atoms. The van der Waals surface area contributed by atoms with Crippen LogP contribution in [0.15, 0.2) is 61.1 Å². The van der Waals surface area contributed by atoms with Crippen molar-refractivity contribution in [2.45, 2.75) is 47.6 Å². The Morgan fingerprint density at radius 2 is 1.64 bits per heavy atom. The van der Waals surface area contributed by atoms with Crippen molar-refractivity contribution >= 4 is 28.8 Å². The molecule has 0 saturated heterocycles. The van der Waals surface area contributed by atoms with E-state index < -0.39 is 0 Å². The molecule has 0 fully saturated rings. The average molecular weight is 588 g/mol. The first-order valence-corrected chi connectivity index (χ1v) is 15.0. The van der Waals surface area contributed by atoms with Crippen LogP contribution in [0.1, 0.15) is 62.6 Å². The highest BCUT2D eigenvalue weighted by Crippen LogP contribution is 2.28. The van der Waals surface area contributed by atoms with Gasteiger partial charge in [-0.15, -0.1) is 11.3 Å². The Balaban J connectivity index is 0.00000237. The second kappa shape index (κ2) is 15.8. The number of ether oxygens (including phenoxy) is 1. The van der Waals surface area contributed by atoms with E-state index in [0.717, 1.165) is 45.3 Å². The van der Waals surface area contributed by atoms with Crippen molar-refractivity contribution in [3.05, 3.63) is 93.7 Å².